The van der Waals surface area contributed by atoms with Crippen LogP contribution in [0.1, 0.15) is 22.5 Å². The molecule has 7 heteroatoms. The molecular weight excluding hydrogens is 368 g/mol. The Bertz CT molecular complexity index is 764. The summed E-state index contributed by atoms with van der Waals surface area (Å²) < 4.78 is 0. The van der Waals surface area contributed by atoms with Gasteiger partial charge in [0.25, 0.3) is 0 Å². The van der Waals surface area contributed by atoms with Gasteiger partial charge in [0, 0.05) is 56.4 Å². The van der Waals surface area contributed by atoms with E-state index < -0.39 is 0 Å². The lowest BCUT2D eigenvalue weighted by Gasteiger charge is -2.39. The summed E-state index contributed by atoms with van der Waals surface area (Å²) in [6.45, 7) is 12.4. The Labute approximate surface area is 172 Å². The number of para-hydroxylation sites is 1. The van der Waals surface area contributed by atoms with E-state index in [0.29, 0.717) is 6.04 Å². The third-order valence-electron chi connectivity index (χ3n) is 5.26. The summed E-state index contributed by atoms with van der Waals surface area (Å²) >= 11 is 1.74. The second-order valence-corrected chi connectivity index (χ2v) is 8.54. The van der Waals surface area contributed by atoms with Gasteiger partial charge in [0.05, 0.1) is 17.2 Å². The second kappa shape index (κ2) is 9.89. The fraction of sp³-hybridized carbons (Fsp3) is 0.524. The Morgan fingerprint density at radius 1 is 1.14 bits per heavy atom. The molecule has 0 radical (unpaired) electrons. The molecule has 2 aromatic rings. The molecule has 1 aliphatic rings. The van der Waals surface area contributed by atoms with Gasteiger partial charge < -0.3 is 15.5 Å². The van der Waals surface area contributed by atoms with E-state index in [0.717, 1.165) is 55.9 Å². The highest BCUT2D eigenvalue weighted by Gasteiger charge is 2.21. The summed E-state index contributed by atoms with van der Waals surface area (Å²) in [4.78, 5) is 15.1. The van der Waals surface area contributed by atoms with Crippen LogP contribution >= 0.6 is 11.3 Å². The van der Waals surface area contributed by atoms with Crippen molar-refractivity contribution in [1.29, 1.82) is 0 Å². The van der Waals surface area contributed by atoms with Gasteiger partial charge in [-0.3, -0.25) is 9.89 Å². The molecule has 1 aromatic carbocycles. The van der Waals surface area contributed by atoms with Crippen molar-refractivity contribution in [3.63, 3.8) is 0 Å². The number of hydrogen-bond acceptors (Lipinski definition) is 5. The number of aryl methyl sites for hydroxylation is 2. The molecule has 0 amide bonds. The van der Waals surface area contributed by atoms with E-state index in [-0.39, 0.29) is 0 Å². The van der Waals surface area contributed by atoms with Crippen LogP contribution in [-0.4, -0.2) is 61.7 Å². The van der Waals surface area contributed by atoms with Crippen molar-refractivity contribution in [1.82, 2.24) is 20.5 Å². The average molecular weight is 401 g/mol. The minimum atomic E-state index is 0.462. The molecule has 6 nitrogen and oxygen atoms in total. The first kappa shape index (κ1) is 20.6. The highest BCUT2D eigenvalue weighted by Crippen LogP contribution is 2.17. The van der Waals surface area contributed by atoms with Crippen molar-refractivity contribution in [2.75, 3.05) is 44.7 Å². The van der Waals surface area contributed by atoms with E-state index in [1.54, 1.807) is 11.3 Å². The van der Waals surface area contributed by atoms with Gasteiger partial charge in [-0.1, -0.05) is 18.2 Å². The monoisotopic (exact) mass is 400 g/mol. The van der Waals surface area contributed by atoms with Crippen LogP contribution in [0.5, 0.6) is 0 Å². The minimum absolute atomic E-state index is 0.462. The maximum atomic E-state index is 4.49. The van der Waals surface area contributed by atoms with E-state index >= 15 is 0 Å². The van der Waals surface area contributed by atoms with Crippen molar-refractivity contribution in [2.45, 2.75) is 33.4 Å². The van der Waals surface area contributed by atoms with Crippen molar-refractivity contribution in [3.05, 3.63) is 45.9 Å². The SMILES string of the molecule is CN=C(NCc1sc(C)nc1C)NCC(C)N1CCN(c2ccccc2)CC1. The predicted octanol–water partition coefficient (Wildman–Crippen LogP) is 2.64. The highest BCUT2D eigenvalue weighted by molar-refractivity contribution is 7.11. The maximum absolute atomic E-state index is 4.49. The molecule has 1 fully saturated rings. The van der Waals surface area contributed by atoms with Crippen molar-refractivity contribution < 1.29 is 0 Å². The molecule has 3 rings (SSSR count). The number of nitrogens with one attached hydrogen (secondary N) is 2. The lowest BCUT2D eigenvalue weighted by atomic mass is 10.2. The van der Waals surface area contributed by atoms with E-state index in [4.69, 9.17) is 0 Å². The molecule has 152 valence electrons. The van der Waals surface area contributed by atoms with Gasteiger partial charge in [-0.2, -0.15) is 0 Å². The number of aromatic nitrogens is 1. The first-order valence-corrected chi connectivity index (χ1v) is 10.8. The summed E-state index contributed by atoms with van der Waals surface area (Å²) in [5, 5.41) is 7.99. The minimum Gasteiger partial charge on any atom is -0.369 e. The van der Waals surface area contributed by atoms with Gasteiger partial charge in [0.15, 0.2) is 5.96 Å². The van der Waals surface area contributed by atoms with Crippen molar-refractivity contribution >= 4 is 23.0 Å². The van der Waals surface area contributed by atoms with E-state index in [9.17, 15) is 0 Å². The largest absolute Gasteiger partial charge is 0.369 e. The molecule has 0 bridgehead atoms. The molecule has 1 aliphatic heterocycles. The molecule has 0 aliphatic carbocycles. The number of guanidine groups is 1. The Hall–Kier alpha value is -2.12. The summed E-state index contributed by atoms with van der Waals surface area (Å²) in [5.74, 6) is 0.847. The van der Waals surface area contributed by atoms with Crippen LogP contribution in [0.2, 0.25) is 0 Å². The van der Waals surface area contributed by atoms with Crippen molar-refractivity contribution in [2.24, 2.45) is 4.99 Å². The molecule has 0 saturated carbocycles. The van der Waals surface area contributed by atoms with Gasteiger partial charge in [-0.25, -0.2) is 4.98 Å². The number of hydrogen-bond donors (Lipinski definition) is 2. The number of aliphatic imine (C=N–C) groups is 1. The van der Waals surface area contributed by atoms with Gasteiger partial charge in [0.1, 0.15) is 0 Å². The molecular formula is C21H32N6S. The number of piperazine rings is 1. The van der Waals surface area contributed by atoms with Crippen LogP contribution in [0, 0.1) is 13.8 Å². The van der Waals surface area contributed by atoms with Crippen LogP contribution in [0.25, 0.3) is 0 Å². The molecule has 1 unspecified atom stereocenters. The predicted molar refractivity (Wildman–Crippen MR) is 119 cm³/mol. The standard InChI is InChI=1S/C21H32N6S/c1-16(26-10-12-27(13-11-26)19-8-6-5-7-9-19)14-23-21(22-4)24-15-20-17(2)25-18(3)28-20/h5-9,16H,10-15H2,1-4H3,(H2,22,23,24). The number of benzene rings is 1. The summed E-state index contributed by atoms with van der Waals surface area (Å²) in [6, 6.07) is 11.2. The summed E-state index contributed by atoms with van der Waals surface area (Å²) in [6.07, 6.45) is 0. The van der Waals surface area contributed by atoms with Gasteiger partial charge in [-0.05, 0) is 32.9 Å². The Morgan fingerprint density at radius 3 is 2.46 bits per heavy atom. The van der Waals surface area contributed by atoms with E-state index in [1.165, 1.54) is 10.6 Å². The zero-order valence-corrected chi connectivity index (χ0v) is 18.2. The lowest BCUT2D eigenvalue weighted by molar-refractivity contribution is 0.197. The average Bonchev–Trinajstić information content (AvgIpc) is 3.05. The lowest BCUT2D eigenvalue weighted by Crippen LogP contribution is -2.53. The first-order chi connectivity index (χ1) is 13.6. The number of anilines is 1. The quantitative estimate of drug-likeness (QED) is 0.577. The molecule has 1 aromatic heterocycles. The number of thiazole rings is 1. The third-order valence-corrected chi connectivity index (χ3v) is 6.34. The Morgan fingerprint density at radius 2 is 1.86 bits per heavy atom. The Balaban J connectivity index is 1.42. The van der Waals surface area contributed by atoms with Gasteiger partial charge >= 0.3 is 0 Å². The molecule has 2 N–H and O–H groups in total. The van der Waals surface area contributed by atoms with Crippen LogP contribution in [0.4, 0.5) is 5.69 Å². The van der Waals surface area contributed by atoms with E-state index in [1.807, 2.05) is 14.0 Å². The highest BCUT2D eigenvalue weighted by atomic mass is 32.1. The maximum Gasteiger partial charge on any atom is 0.191 e. The second-order valence-electron chi connectivity index (χ2n) is 7.26. The van der Waals surface area contributed by atoms with Crippen LogP contribution < -0.4 is 15.5 Å². The zero-order chi connectivity index (χ0) is 19.9. The smallest absolute Gasteiger partial charge is 0.191 e. The van der Waals surface area contributed by atoms with Gasteiger partial charge in [-0.15, -0.1) is 11.3 Å². The summed E-state index contributed by atoms with van der Waals surface area (Å²) in [5.41, 5.74) is 2.43. The Kier molecular flexibility index (Phi) is 7.28. The van der Waals surface area contributed by atoms with Crippen LogP contribution in [0.15, 0.2) is 35.3 Å². The topological polar surface area (TPSA) is 55.8 Å². The molecule has 1 atom stereocenters. The fourth-order valence-corrected chi connectivity index (χ4v) is 4.43. The van der Waals surface area contributed by atoms with Crippen LogP contribution in [0.3, 0.4) is 0 Å². The molecule has 0 spiro atoms. The zero-order valence-electron chi connectivity index (χ0n) is 17.4. The third kappa shape index (κ3) is 5.45. The van der Waals surface area contributed by atoms with E-state index in [2.05, 4.69) is 74.6 Å². The summed E-state index contributed by atoms with van der Waals surface area (Å²) in [7, 11) is 1.82. The fourth-order valence-electron chi connectivity index (χ4n) is 3.56. The van der Waals surface area contributed by atoms with Crippen molar-refractivity contribution in [3.8, 4) is 0 Å². The normalized spacial score (nSPS) is 16.9. The number of rotatable bonds is 6. The molecule has 1 saturated heterocycles. The first-order valence-electron chi connectivity index (χ1n) is 9.98. The number of nitrogens with zero attached hydrogens (tertiary/aromatic N) is 4. The van der Waals surface area contributed by atoms with Crippen LogP contribution in [-0.2, 0) is 6.54 Å². The molecule has 28 heavy (non-hydrogen) atoms. The van der Waals surface area contributed by atoms with Gasteiger partial charge in [0.2, 0.25) is 0 Å². The molecule has 2 heterocycles.